The van der Waals surface area contributed by atoms with Crippen LogP contribution in [0.3, 0.4) is 0 Å². The molecule has 0 radical (unpaired) electrons. The molecule has 1 aliphatic rings. The van der Waals surface area contributed by atoms with Gasteiger partial charge in [0.15, 0.2) is 11.5 Å². The van der Waals surface area contributed by atoms with Crippen LogP contribution in [0.5, 0.6) is 0 Å². The lowest BCUT2D eigenvalue weighted by Gasteiger charge is -2.19. The number of aromatic nitrogens is 3. The molecule has 0 atom stereocenters. The highest BCUT2D eigenvalue weighted by Gasteiger charge is 2.51. The quantitative estimate of drug-likeness (QED) is 0.458. The van der Waals surface area contributed by atoms with Gasteiger partial charge in [-0.2, -0.15) is 5.10 Å². The van der Waals surface area contributed by atoms with Gasteiger partial charge in [-0.05, 0) is 47.7 Å². The number of carbonyl (C=O) groups excluding carboxylic acids is 1. The van der Waals surface area contributed by atoms with Gasteiger partial charge in [0.2, 0.25) is 5.91 Å². The number of fused-ring (bicyclic) bond motifs is 1. The van der Waals surface area contributed by atoms with E-state index in [1.807, 2.05) is 61.6 Å². The van der Waals surface area contributed by atoms with Crippen molar-refractivity contribution in [3.63, 3.8) is 0 Å². The van der Waals surface area contributed by atoms with Gasteiger partial charge in [0.05, 0.1) is 10.8 Å². The second kappa shape index (κ2) is 7.44. The molecule has 1 aliphatic carbocycles. The van der Waals surface area contributed by atoms with E-state index in [4.69, 9.17) is 10.7 Å². The average molecular weight is 440 g/mol. The topological polar surface area (TPSA) is 85.8 Å². The number of nitrogens with one attached hydrogen (secondary N) is 1. The van der Waals surface area contributed by atoms with E-state index in [1.165, 1.54) is 0 Å². The number of hydrogen-bond donors (Lipinski definition) is 2. The lowest BCUT2D eigenvalue weighted by molar-refractivity contribution is -0.118. The minimum Gasteiger partial charge on any atom is -0.382 e. The van der Waals surface area contributed by atoms with Crippen molar-refractivity contribution in [2.75, 3.05) is 11.1 Å². The smallest absolute Gasteiger partial charge is 0.235 e. The van der Waals surface area contributed by atoms with Crippen LogP contribution in [0.25, 0.3) is 22.2 Å². The van der Waals surface area contributed by atoms with Crippen LogP contribution >= 0.6 is 0 Å². The summed E-state index contributed by atoms with van der Waals surface area (Å²) in [6, 6.07) is 20.1. The Hall–Kier alpha value is -3.67. The zero-order valence-corrected chi connectivity index (χ0v) is 19.5. The molecule has 1 amide bonds. The molecule has 2 heterocycles. The minimum absolute atomic E-state index is 0.0549. The summed E-state index contributed by atoms with van der Waals surface area (Å²) in [6.07, 6.45) is 1.76. The Morgan fingerprint density at radius 3 is 2.33 bits per heavy atom. The van der Waals surface area contributed by atoms with E-state index in [0.29, 0.717) is 5.82 Å². The van der Waals surface area contributed by atoms with Gasteiger partial charge in [-0.3, -0.25) is 4.79 Å². The Kier molecular flexibility index (Phi) is 4.78. The molecule has 5 rings (SSSR count). The van der Waals surface area contributed by atoms with Crippen molar-refractivity contribution >= 4 is 28.4 Å². The maximum atomic E-state index is 13.1. The first kappa shape index (κ1) is 21.2. The summed E-state index contributed by atoms with van der Waals surface area (Å²) < 4.78 is 1.73. The Balaban J connectivity index is 1.47. The number of nitrogens with zero attached hydrogens (tertiary/aromatic N) is 3. The van der Waals surface area contributed by atoms with Gasteiger partial charge in [-0.1, -0.05) is 63.2 Å². The summed E-state index contributed by atoms with van der Waals surface area (Å²) in [5.41, 5.74) is 11.4. The van der Waals surface area contributed by atoms with Crippen LogP contribution in [0.1, 0.15) is 44.9 Å². The summed E-state index contributed by atoms with van der Waals surface area (Å²) in [4.78, 5) is 17.9. The van der Waals surface area contributed by atoms with E-state index in [2.05, 4.69) is 37.3 Å². The molecular weight excluding hydrogens is 410 g/mol. The van der Waals surface area contributed by atoms with Crippen LogP contribution in [0, 0.1) is 0 Å². The van der Waals surface area contributed by atoms with Gasteiger partial charge in [0.25, 0.3) is 0 Å². The van der Waals surface area contributed by atoms with E-state index in [-0.39, 0.29) is 11.3 Å². The first-order valence-corrected chi connectivity index (χ1v) is 11.3. The van der Waals surface area contributed by atoms with Gasteiger partial charge in [-0.25, -0.2) is 9.67 Å². The summed E-state index contributed by atoms with van der Waals surface area (Å²) in [7, 11) is 1.86. The molecule has 0 unspecified atom stereocenters. The average Bonchev–Trinajstić information content (AvgIpc) is 3.55. The third-order valence-corrected chi connectivity index (χ3v) is 6.55. The normalized spacial score (nSPS) is 14.9. The fourth-order valence-electron chi connectivity index (χ4n) is 4.40. The van der Waals surface area contributed by atoms with Crippen LogP contribution in [0.15, 0.2) is 60.7 Å². The standard InChI is InChI=1S/C27H29N5O/c1-26(2,3)21-16-20(22-23(28)31-32(4)24(22)30-21)17-10-12-19(13-11-17)29-25(33)27(14-15-27)18-8-6-5-7-9-18/h5-13,16H,14-15H2,1-4H3,(H2,28,31)(H,29,33). The summed E-state index contributed by atoms with van der Waals surface area (Å²) in [5.74, 6) is 0.519. The zero-order chi connectivity index (χ0) is 23.4. The molecule has 6 nitrogen and oxygen atoms in total. The van der Waals surface area contributed by atoms with Crippen molar-refractivity contribution in [3.05, 3.63) is 71.9 Å². The van der Waals surface area contributed by atoms with E-state index in [1.54, 1.807) is 4.68 Å². The first-order chi connectivity index (χ1) is 15.7. The highest BCUT2D eigenvalue weighted by Crippen LogP contribution is 2.49. The zero-order valence-electron chi connectivity index (χ0n) is 19.5. The number of benzene rings is 2. The van der Waals surface area contributed by atoms with Crippen LogP contribution in [0.2, 0.25) is 0 Å². The number of nitrogens with two attached hydrogens (primary N) is 1. The Morgan fingerprint density at radius 1 is 1.06 bits per heavy atom. The molecule has 1 fully saturated rings. The van der Waals surface area contributed by atoms with E-state index >= 15 is 0 Å². The molecule has 2 aromatic heterocycles. The van der Waals surface area contributed by atoms with Crippen molar-refractivity contribution in [1.82, 2.24) is 14.8 Å². The summed E-state index contributed by atoms with van der Waals surface area (Å²) in [5, 5.41) is 8.36. The number of hydrogen-bond acceptors (Lipinski definition) is 4. The molecule has 4 aromatic rings. The van der Waals surface area contributed by atoms with Crippen molar-refractivity contribution in [2.24, 2.45) is 7.05 Å². The van der Waals surface area contributed by atoms with Gasteiger partial charge >= 0.3 is 0 Å². The second-order valence-corrected chi connectivity index (χ2v) is 9.99. The molecule has 1 saturated carbocycles. The number of rotatable bonds is 4. The van der Waals surface area contributed by atoms with E-state index < -0.39 is 5.41 Å². The fraction of sp³-hybridized carbons (Fsp3) is 0.296. The van der Waals surface area contributed by atoms with Crippen LogP contribution in [0.4, 0.5) is 11.5 Å². The SMILES string of the molecule is Cn1nc(N)c2c(-c3ccc(NC(=O)C4(c5ccccc5)CC4)cc3)cc(C(C)(C)C)nc21. The van der Waals surface area contributed by atoms with Crippen molar-refractivity contribution in [3.8, 4) is 11.1 Å². The maximum absolute atomic E-state index is 13.1. The summed E-state index contributed by atoms with van der Waals surface area (Å²) >= 11 is 0. The number of aryl methyl sites for hydroxylation is 1. The number of nitrogen functional groups attached to an aromatic ring is 1. The first-order valence-electron chi connectivity index (χ1n) is 11.3. The maximum Gasteiger partial charge on any atom is 0.235 e. The monoisotopic (exact) mass is 439 g/mol. The molecule has 0 bridgehead atoms. The van der Waals surface area contributed by atoms with Crippen LogP contribution in [-0.2, 0) is 22.7 Å². The number of anilines is 2. The minimum atomic E-state index is -0.400. The molecule has 2 aromatic carbocycles. The number of carbonyl (C=O) groups is 1. The molecule has 0 saturated heterocycles. The third-order valence-electron chi connectivity index (χ3n) is 6.55. The van der Waals surface area contributed by atoms with Gasteiger partial charge in [0.1, 0.15) is 0 Å². The Labute approximate surface area is 193 Å². The molecule has 6 heteroatoms. The third kappa shape index (κ3) is 3.65. The van der Waals surface area contributed by atoms with Crippen molar-refractivity contribution < 1.29 is 4.79 Å². The van der Waals surface area contributed by atoms with E-state index in [9.17, 15) is 4.79 Å². The fourth-order valence-corrected chi connectivity index (χ4v) is 4.40. The predicted octanol–water partition coefficient (Wildman–Crippen LogP) is 5.19. The van der Waals surface area contributed by atoms with Crippen LogP contribution in [-0.4, -0.2) is 20.7 Å². The molecular formula is C27H29N5O. The Bertz CT molecular complexity index is 1340. The second-order valence-electron chi connectivity index (χ2n) is 9.99. The van der Waals surface area contributed by atoms with Crippen molar-refractivity contribution in [2.45, 2.75) is 44.4 Å². The molecule has 33 heavy (non-hydrogen) atoms. The van der Waals surface area contributed by atoms with Gasteiger partial charge in [0, 0.05) is 23.8 Å². The molecule has 0 aliphatic heterocycles. The lowest BCUT2D eigenvalue weighted by Crippen LogP contribution is -2.27. The highest BCUT2D eigenvalue weighted by molar-refractivity contribution is 6.03. The molecule has 3 N–H and O–H groups in total. The van der Waals surface area contributed by atoms with Gasteiger partial charge in [-0.15, -0.1) is 0 Å². The largest absolute Gasteiger partial charge is 0.382 e. The highest BCUT2D eigenvalue weighted by atomic mass is 16.2. The summed E-state index contributed by atoms with van der Waals surface area (Å²) in [6.45, 7) is 6.43. The van der Waals surface area contributed by atoms with Crippen molar-refractivity contribution in [1.29, 1.82) is 0 Å². The molecule has 168 valence electrons. The number of amides is 1. The van der Waals surface area contributed by atoms with Gasteiger partial charge < -0.3 is 11.1 Å². The van der Waals surface area contributed by atoms with E-state index in [0.717, 1.165) is 51.9 Å². The number of pyridine rings is 1. The predicted molar refractivity (Wildman–Crippen MR) is 133 cm³/mol. The van der Waals surface area contributed by atoms with Crippen LogP contribution < -0.4 is 11.1 Å². The lowest BCUT2D eigenvalue weighted by atomic mass is 9.89. The Morgan fingerprint density at radius 2 is 1.73 bits per heavy atom. The molecule has 0 spiro atoms.